The SMILES string of the molecule is CCCCCCCCCC(=O)COCC1CCCCC1. The predicted octanol–water partition coefficient (Wildman–Crippen LogP) is 5.29. The first-order valence-corrected chi connectivity index (χ1v) is 8.92. The Bertz CT molecular complexity index is 232. The quantitative estimate of drug-likeness (QED) is 0.454. The molecule has 0 N–H and O–H groups in total. The zero-order valence-corrected chi connectivity index (χ0v) is 13.5. The molecule has 1 aliphatic rings. The summed E-state index contributed by atoms with van der Waals surface area (Å²) in [5.41, 5.74) is 0. The maximum absolute atomic E-state index is 11.7. The topological polar surface area (TPSA) is 26.3 Å². The average Bonchev–Trinajstić information content (AvgIpc) is 2.47. The number of carbonyl (C=O) groups is 1. The van der Waals surface area contributed by atoms with Crippen LogP contribution in [0.3, 0.4) is 0 Å². The van der Waals surface area contributed by atoms with Gasteiger partial charge in [0, 0.05) is 13.0 Å². The van der Waals surface area contributed by atoms with Gasteiger partial charge in [-0.3, -0.25) is 4.79 Å². The summed E-state index contributed by atoms with van der Waals surface area (Å²) < 4.78 is 5.60. The van der Waals surface area contributed by atoms with Crippen LogP contribution in [0, 0.1) is 5.92 Å². The molecule has 0 aromatic rings. The predicted molar refractivity (Wildman–Crippen MR) is 85.0 cm³/mol. The van der Waals surface area contributed by atoms with Gasteiger partial charge in [-0.1, -0.05) is 64.7 Å². The molecule has 0 saturated heterocycles. The largest absolute Gasteiger partial charge is 0.373 e. The summed E-state index contributed by atoms with van der Waals surface area (Å²) >= 11 is 0. The first-order valence-electron chi connectivity index (χ1n) is 8.92. The molecule has 0 aromatic heterocycles. The number of ketones is 1. The van der Waals surface area contributed by atoms with Gasteiger partial charge in [0.05, 0.1) is 0 Å². The van der Waals surface area contributed by atoms with Crippen molar-refractivity contribution in [3.8, 4) is 0 Å². The zero-order valence-electron chi connectivity index (χ0n) is 13.5. The standard InChI is InChI=1S/C18H34O2/c1-2-3-4-5-6-7-11-14-18(19)16-20-15-17-12-9-8-10-13-17/h17H,2-16H2,1H3. The first-order chi connectivity index (χ1) is 9.83. The number of hydrogen-bond donors (Lipinski definition) is 0. The van der Waals surface area contributed by atoms with Gasteiger partial charge in [-0.2, -0.15) is 0 Å². The molecule has 20 heavy (non-hydrogen) atoms. The van der Waals surface area contributed by atoms with E-state index in [-0.39, 0.29) is 0 Å². The van der Waals surface area contributed by atoms with Crippen LogP contribution in [0.2, 0.25) is 0 Å². The highest BCUT2D eigenvalue weighted by Gasteiger charge is 2.13. The lowest BCUT2D eigenvalue weighted by Gasteiger charge is -2.21. The van der Waals surface area contributed by atoms with E-state index in [1.54, 1.807) is 0 Å². The molecule has 0 heterocycles. The highest BCUT2D eigenvalue weighted by atomic mass is 16.5. The molecule has 0 aliphatic heterocycles. The lowest BCUT2D eigenvalue weighted by molar-refractivity contribution is -0.124. The monoisotopic (exact) mass is 282 g/mol. The van der Waals surface area contributed by atoms with E-state index in [2.05, 4.69) is 6.92 Å². The van der Waals surface area contributed by atoms with Crippen LogP contribution in [-0.2, 0) is 9.53 Å². The van der Waals surface area contributed by atoms with Gasteiger partial charge in [0.25, 0.3) is 0 Å². The molecule has 1 fully saturated rings. The molecule has 0 spiro atoms. The number of carbonyl (C=O) groups excluding carboxylic acids is 1. The lowest BCUT2D eigenvalue weighted by atomic mass is 9.90. The summed E-state index contributed by atoms with van der Waals surface area (Å²) in [6.45, 7) is 3.40. The van der Waals surface area contributed by atoms with Crippen LogP contribution >= 0.6 is 0 Å². The molecule has 2 nitrogen and oxygen atoms in total. The van der Waals surface area contributed by atoms with Crippen molar-refractivity contribution in [1.29, 1.82) is 0 Å². The Labute approximate surface area is 125 Å². The third-order valence-corrected chi connectivity index (χ3v) is 4.40. The second kappa shape index (κ2) is 12.4. The minimum absolute atomic E-state index is 0.300. The smallest absolute Gasteiger partial charge is 0.158 e. The number of ether oxygens (including phenoxy) is 1. The molecule has 0 aromatic carbocycles. The van der Waals surface area contributed by atoms with Crippen molar-refractivity contribution in [2.24, 2.45) is 5.92 Å². The zero-order chi connectivity index (χ0) is 14.5. The fourth-order valence-electron chi connectivity index (χ4n) is 3.04. The molecule has 1 rings (SSSR count). The van der Waals surface area contributed by atoms with Crippen molar-refractivity contribution in [1.82, 2.24) is 0 Å². The van der Waals surface area contributed by atoms with Gasteiger partial charge < -0.3 is 4.74 Å². The van der Waals surface area contributed by atoms with E-state index in [0.717, 1.165) is 25.4 Å². The van der Waals surface area contributed by atoms with Gasteiger partial charge in [-0.25, -0.2) is 0 Å². The fourth-order valence-corrected chi connectivity index (χ4v) is 3.04. The second-order valence-corrected chi connectivity index (χ2v) is 6.43. The lowest BCUT2D eigenvalue weighted by Crippen LogP contribution is -2.17. The molecule has 0 bridgehead atoms. The van der Waals surface area contributed by atoms with Gasteiger partial charge in [0.1, 0.15) is 6.61 Å². The van der Waals surface area contributed by atoms with E-state index in [1.165, 1.54) is 70.6 Å². The number of hydrogen-bond acceptors (Lipinski definition) is 2. The van der Waals surface area contributed by atoms with Crippen LogP contribution in [0.25, 0.3) is 0 Å². The van der Waals surface area contributed by atoms with E-state index in [0.29, 0.717) is 12.4 Å². The molecule has 0 radical (unpaired) electrons. The molecular formula is C18H34O2. The Morgan fingerprint density at radius 2 is 1.60 bits per heavy atom. The van der Waals surface area contributed by atoms with E-state index in [1.807, 2.05) is 0 Å². The number of unbranched alkanes of at least 4 members (excludes halogenated alkanes) is 6. The van der Waals surface area contributed by atoms with Crippen molar-refractivity contribution in [3.63, 3.8) is 0 Å². The average molecular weight is 282 g/mol. The van der Waals surface area contributed by atoms with Crippen LogP contribution in [0.4, 0.5) is 0 Å². The third-order valence-electron chi connectivity index (χ3n) is 4.40. The summed E-state index contributed by atoms with van der Waals surface area (Å²) in [4.78, 5) is 11.7. The molecule has 2 heteroatoms. The summed E-state index contributed by atoms with van der Waals surface area (Å²) in [5, 5.41) is 0. The minimum Gasteiger partial charge on any atom is -0.373 e. The van der Waals surface area contributed by atoms with Gasteiger partial charge in [-0.05, 0) is 25.2 Å². The van der Waals surface area contributed by atoms with E-state index in [9.17, 15) is 4.79 Å². The summed E-state index contributed by atoms with van der Waals surface area (Å²) in [6, 6.07) is 0. The van der Waals surface area contributed by atoms with Gasteiger partial charge in [0.2, 0.25) is 0 Å². The Morgan fingerprint density at radius 1 is 0.950 bits per heavy atom. The molecular weight excluding hydrogens is 248 g/mol. The van der Waals surface area contributed by atoms with Crippen LogP contribution < -0.4 is 0 Å². The maximum atomic E-state index is 11.7. The summed E-state index contributed by atoms with van der Waals surface area (Å²) in [5.74, 6) is 1.02. The first kappa shape index (κ1) is 17.7. The van der Waals surface area contributed by atoms with Crippen LogP contribution in [-0.4, -0.2) is 19.0 Å². The normalized spacial score (nSPS) is 16.4. The maximum Gasteiger partial charge on any atom is 0.158 e. The Hall–Kier alpha value is -0.370. The van der Waals surface area contributed by atoms with Gasteiger partial charge >= 0.3 is 0 Å². The van der Waals surface area contributed by atoms with E-state index >= 15 is 0 Å². The molecule has 1 saturated carbocycles. The van der Waals surface area contributed by atoms with Crippen molar-refractivity contribution < 1.29 is 9.53 Å². The Balaban J connectivity index is 1.85. The van der Waals surface area contributed by atoms with E-state index < -0.39 is 0 Å². The van der Waals surface area contributed by atoms with Gasteiger partial charge in [0.15, 0.2) is 5.78 Å². The number of Topliss-reactive ketones (excluding diaryl/α,β-unsaturated/α-hetero) is 1. The fraction of sp³-hybridized carbons (Fsp3) is 0.944. The molecule has 118 valence electrons. The number of rotatable bonds is 12. The summed E-state index contributed by atoms with van der Waals surface area (Å²) in [6.07, 6.45) is 16.3. The van der Waals surface area contributed by atoms with Crippen molar-refractivity contribution >= 4 is 5.78 Å². The Kier molecular flexibility index (Phi) is 10.9. The minimum atomic E-state index is 0.300. The molecule has 0 unspecified atom stereocenters. The summed E-state index contributed by atoms with van der Waals surface area (Å²) in [7, 11) is 0. The molecule has 0 atom stereocenters. The van der Waals surface area contributed by atoms with Crippen LogP contribution in [0.5, 0.6) is 0 Å². The third kappa shape index (κ3) is 9.52. The van der Waals surface area contributed by atoms with Crippen LogP contribution in [0.1, 0.15) is 90.4 Å². The van der Waals surface area contributed by atoms with Gasteiger partial charge in [-0.15, -0.1) is 0 Å². The second-order valence-electron chi connectivity index (χ2n) is 6.43. The highest BCUT2D eigenvalue weighted by Crippen LogP contribution is 2.23. The Morgan fingerprint density at radius 3 is 2.30 bits per heavy atom. The molecule has 1 aliphatic carbocycles. The van der Waals surface area contributed by atoms with Crippen molar-refractivity contribution in [2.75, 3.05) is 13.2 Å². The van der Waals surface area contributed by atoms with Crippen LogP contribution in [0.15, 0.2) is 0 Å². The highest BCUT2D eigenvalue weighted by molar-refractivity contribution is 5.79. The van der Waals surface area contributed by atoms with E-state index in [4.69, 9.17) is 4.74 Å². The van der Waals surface area contributed by atoms with Crippen molar-refractivity contribution in [2.45, 2.75) is 90.4 Å². The molecule has 0 amide bonds. The van der Waals surface area contributed by atoms with Crippen molar-refractivity contribution in [3.05, 3.63) is 0 Å².